The molecule has 1 fully saturated rings. The Kier molecular flexibility index (Phi) is 5.44. The molecule has 162 valence electrons. The molecule has 2 aliphatic rings. The quantitative estimate of drug-likeness (QED) is 0.467. The van der Waals surface area contributed by atoms with Gasteiger partial charge in [0.2, 0.25) is 0 Å². The molecule has 7 heteroatoms. The molecule has 1 unspecified atom stereocenters. The van der Waals surface area contributed by atoms with Crippen LogP contribution < -0.4 is 4.90 Å². The van der Waals surface area contributed by atoms with Crippen molar-refractivity contribution in [2.24, 2.45) is 0 Å². The number of benzene rings is 3. The fourth-order valence-electron chi connectivity index (χ4n) is 4.43. The van der Waals surface area contributed by atoms with E-state index in [2.05, 4.69) is 0 Å². The zero-order chi connectivity index (χ0) is 22.5. The second-order valence-corrected chi connectivity index (χ2v) is 10.1. The number of rotatable bonds is 3. The number of carbonyl (C=O) groups is 2. The minimum absolute atomic E-state index is 0.108. The number of anilines is 1. The van der Waals surface area contributed by atoms with Crippen molar-refractivity contribution in [3.8, 4) is 0 Å². The minimum Gasteiger partial charge on any atom is -0.311 e. The normalized spacial score (nSPS) is 19.7. The Bertz CT molecular complexity index is 1230. The predicted octanol–water partition coefficient (Wildman–Crippen LogP) is 5.89. The van der Waals surface area contributed by atoms with Crippen LogP contribution in [0.4, 0.5) is 5.69 Å². The first-order valence-corrected chi connectivity index (χ1v) is 12.0. The number of hydrogen-bond donors (Lipinski definition) is 0. The van der Waals surface area contributed by atoms with Crippen molar-refractivity contribution in [3.05, 3.63) is 99.0 Å². The number of nitrogens with zero attached hydrogens (tertiary/aromatic N) is 2. The highest BCUT2D eigenvalue weighted by atomic mass is 35.5. The maximum Gasteiger partial charge on any atom is 0.268 e. The van der Waals surface area contributed by atoms with Gasteiger partial charge in [0, 0.05) is 33.5 Å². The minimum atomic E-state index is -1.08. The van der Waals surface area contributed by atoms with E-state index in [0.29, 0.717) is 34.5 Å². The lowest BCUT2D eigenvalue weighted by Crippen LogP contribution is -2.50. The van der Waals surface area contributed by atoms with Crippen molar-refractivity contribution in [1.82, 2.24) is 4.90 Å². The van der Waals surface area contributed by atoms with Crippen LogP contribution in [0, 0.1) is 6.92 Å². The second-order valence-electron chi connectivity index (χ2n) is 7.96. The van der Waals surface area contributed by atoms with Crippen LogP contribution in [0.25, 0.3) is 0 Å². The van der Waals surface area contributed by atoms with Gasteiger partial charge in [-0.25, -0.2) is 0 Å². The summed E-state index contributed by atoms with van der Waals surface area (Å²) in [4.78, 5) is 30.0. The first-order valence-electron chi connectivity index (χ1n) is 10.3. The molecule has 2 amide bonds. The monoisotopic (exact) mass is 482 g/mol. The Labute approximate surface area is 201 Å². The number of halogens is 2. The molecule has 0 aromatic heterocycles. The van der Waals surface area contributed by atoms with Crippen LogP contribution in [-0.4, -0.2) is 29.0 Å². The van der Waals surface area contributed by atoms with Crippen molar-refractivity contribution in [2.45, 2.75) is 18.3 Å². The van der Waals surface area contributed by atoms with E-state index in [4.69, 9.17) is 23.2 Å². The van der Waals surface area contributed by atoms with E-state index in [0.717, 1.165) is 22.4 Å². The molecule has 1 atom stereocenters. The van der Waals surface area contributed by atoms with Gasteiger partial charge in [-0.2, -0.15) is 0 Å². The Balaban J connectivity index is 1.60. The molecule has 32 heavy (non-hydrogen) atoms. The van der Waals surface area contributed by atoms with E-state index in [1.807, 2.05) is 49.4 Å². The standard InChI is InChI=1S/C25H20Cl2N2O2S/c1-16-6-11-22-20(14-16)25(24(31)28(22)15-18-4-2-3-5-21(18)27)29(12-13-32-25)23(30)17-7-9-19(26)10-8-17/h2-11,14H,12-13,15H2,1H3. The van der Waals surface area contributed by atoms with E-state index in [-0.39, 0.29) is 11.8 Å². The topological polar surface area (TPSA) is 40.6 Å². The summed E-state index contributed by atoms with van der Waals surface area (Å²) in [6.45, 7) is 2.84. The van der Waals surface area contributed by atoms with Crippen LogP contribution in [0.1, 0.15) is 27.0 Å². The second kappa shape index (κ2) is 8.14. The molecule has 1 spiro atoms. The third-order valence-corrected chi connectivity index (χ3v) is 8.01. The molecule has 0 radical (unpaired) electrons. The summed E-state index contributed by atoms with van der Waals surface area (Å²) in [6.07, 6.45) is 0. The fraction of sp³-hybridized carbons (Fsp3) is 0.200. The summed E-state index contributed by atoms with van der Waals surface area (Å²) >= 11 is 13.9. The third kappa shape index (κ3) is 3.31. The largest absolute Gasteiger partial charge is 0.311 e. The molecule has 2 aliphatic heterocycles. The highest BCUT2D eigenvalue weighted by Crippen LogP contribution is 2.55. The first kappa shape index (κ1) is 21.4. The first-order chi connectivity index (χ1) is 15.4. The van der Waals surface area contributed by atoms with E-state index < -0.39 is 4.87 Å². The highest BCUT2D eigenvalue weighted by molar-refractivity contribution is 8.01. The lowest BCUT2D eigenvalue weighted by Gasteiger charge is -2.33. The molecular weight excluding hydrogens is 463 g/mol. The summed E-state index contributed by atoms with van der Waals surface area (Å²) in [6, 6.07) is 20.3. The van der Waals surface area contributed by atoms with Gasteiger partial charge < -0.3 is 9.80 Å². The van der Waals surface area contributed by atoms with E-state index in [9.17, 15) is 9.59 Å². The van der Waals surface area contributed by atoms with E-state index >= 15 is 0 Å². The number of thioether (sulfide) groups is 1. The smallest absolute Gasteiger partial charge is 0.268 e. The summed E-state index contributed by atoms with van der Waals surface area (Å²) in [5.74, 6) is 0.396. The zero-order valence-electron chi connectivity index (χ0n) is 17.3. The number of carbonyl (C=O) groups excluding carboxylic acids is 2. The maximum absolute atomic E-state index is 14.1. The fourth-order valence-corrected chi connectivity index (χ4v) is 6.20. The molecule has 5 rings (SSSR count). The lowest BCUT2D eigenvalue weighted by atomic mass is 10.0. The molecule has 3 aromatic carbocycles. The molecule has 0 N–H and O–H groups in total. The number of aryl methyl sites for hydroxylation is 1. The van der Waals surface area contributed by atoms with E-state index in [1.54, 1.807) is 34.1 Å². The van der Waals surface area contributed by atoms with Gasteiger partial charge in [0.15, 0.2) is 4.87 Å². The van der Waals surface area contributed by atoms with Gasteiger partial charge in [0.25, 0.3) is 11.8 Å². The average Bonchev–Trinajstić information content (AvgIpc) is 3.32. The SMILES string of the molecule is Cc1ccc2c(c1)C1(SCCN1C(=O)c1ccc(Cl)cc1)C(=O)N2Cc1ccccc1Cl. The van der Waals surface area contributed by atoms with Crippen LogP contribution in [0.2, 0.25) is 10.0 Å². The number of fused-ring (bicyclic) bond motifs is 2. The van der Waals surface area contributed by atoms with Crippen LogP contribution in [-0.2, 0) is 16.2 Å². The van der Waals surface area contributed by atoms with Crippen LogP contribution >= 0.6 is 35.0 Å². The number of hydrogen-bond acceptors (Lipinski definition) is 3. The van der Waals surface area contributed by atoms with Crippen molar-refractivity contribution in [3.63, 3.8) is 0 Å². The molecule has 2 heterocycles. The van der Waals surface area contributed by atoms with Gasteiger partial charge in [0.05, 0.1) is 12.2 Å². The number of amides is 2. The highest BCUT2D eigenvalue weighted by Gasteiger charge is 2.59. The van der Waals surface area contributed by atoms with Crippen molar-refractivity contribution in [2.75, 3.05) is 17.2 Å². The van der Waals surface area contributed by atoms with Gasteiger partial charge in [-0.15, -0.1) is 11.8 Å². The zero-order valence-corrected chi connectivity index (χ0v) is 19.7. The van der Waals surface area contributed by atoms with Gasteiger partial charge in [0.1, 0.15) is 0 Å². The lowest BCUT2D eigenvalue weighted by molar-refractivity contribution is -0.123. The third-order valence-electron chi connectivity index (χ3n) is 5.97. The van der Waals surface area contributed by atoms with Gasteiger partial charge in [-0.1, -0.05) is 59.1 Å². The van der Waals surface area contributed by atoms with Crippen LogP contribution in [0.15, 0.2) is 66.7 Å². The predicted molar refractivity (Wildman–Crippen MR) is 130 cm³/mol. The average molecular weight is 483 g/mol. The summed E-state index contributed by atoms with van der Waals surface area (Å²) in [5, 5.41) is 1.18. The molecule has 1 saturated heterocycles. The molecule has 0 saturated carbocycles. The van der Waals surface area contributed by atoms with Crippen molar-refractivity contribution in [1.29, 1.82) is 0 Å². The molecular formula is C25H20Cl2N2O2S. The van der Waals surface area contributed by atoms with Crippen LogP contribution in [0.5, 0.6) is 0 Å². The van der Waals surface area contributed by atoms with Gasteiger partial charge >= 0.3 is 0 Å². The van der Waals surface area contributed by atoms with Crippen LogP contribution in [0.3, 0.4) is 0 Å². The van der Waals surface area contributed by atoms with E-state index in [1.165, 1.54) is 11.8 Å². The molecule has 0 aliphatic carbocycles. The van der Waals surface area contributed by atoms with Crippen molar-refractivity contribution < 1.29 is 9.59 Å². The Hall–Kier alpha value is -2.47. The van der Waals surface area contributed by atoms with Gasteiger partial charge in [-0.3, -0.25) is 9.59 Å². The Morgan fingerprint density at radius 2 is 1.81 bits per heavy atom. The summed E-state index contributed by atoms with van der Waals surface area (Å²) < 4.78 is 0. The Morgan fingerprint density at radius 3 is 2.56 bits per heavy atom. The molecule has 0 bridgehead atoms. The maximum atomic E-state index is 14.1. The molecule has 3 aromatic rings. The van der Waals surface area contributed by atoms with Crippen molar-refractivity contribution >= 4 is 52.5 Å². The van der Waals surface area contributed by atoms with Gasteiger partial charge in [-0.05, 0) is 48.9 Å². The Morgan fingerprint density at radius 1 is 1.06 bits per heavy atom. The molecule has 4 nitrogen and oxygen atoms in total. The summed E-state index contributed by atoms with van der Waals surface area (Å²) in [5.41, 5.74) is 4.11. The summed E-state index contributed by atoms with van der Waals surface area (Å²) in [7, 11) is 0.